The van der Waals surface area contributed by atoms with E-state index in [9.17, 15) is 9.18 Å². The first-order chi connectivity index (χ1) is 9.11. The van der Waals surface area contributed by atoms with E-state index >= 15 is 0 Å². The summed E-state index contributed by atoms with van der Waals surface area (Å²) in [5.74, 6) is -0.290. The summed E-state index contributed by atoms with van der Waals surface area (Å²) >= 11 is 0. The van der Waals surface area contributed by atoms with Gasteiger partial charge in [-0.3, -0.25) is 4.79 Å². The second-order valence-corrected chi connectivity index (χ2v) is 4.65. The van der Waals surface area contributed by atoms with Crippen LogP contribution in [0.15, 0.2) is 6.20 Å². The zero-order valence-corrected chi connectivity index (χ0v) is 11.1. The maximum absolute atomic E-state index is 13.6. The van der Waals surface area contributed by atoms with Crippen molar-refractivity contribution in [3.05, 3.63) is 17.8 Å². The molecule has 2 atom stereocenters. The smallest absolute Gasteiger partial charge is 0.311 e. The van der Waals surface area contributed by atoms with Gasteiger partial charge in [0.05, 0.1) is 18.7 Å². The van der Waals surface area contributed by atoms with E-state index in [-0.39, 0.29) is 23.7 Å². The Hall–Kier alpha value is -1.72. The number of anilines is 1. The zero-order valence-electron chi connectivity index (χ0n) is 11.1. The summed E-state index contributed by atoms with van der Waals surface area (Å²) in [6.07, 6.45) is 3.64. The molecule has 0 amide bonds. The summed E-state index contributed by atoms with van der Waals surface area (Å²) in [6, 6.07) is -0.122. The summed E-state index contributed by atoms with van der Waals surface area (Å²) in [5.41, 5.74) is 0. The molecule has 1 aromatic rings. The van der Waals surface area contributed by atoms with Crippen LogP contribution >= 0.6 is 0 Å². The van der Waals surface area contributed by atoms with E-state index in [2.05, 4.69) is 15.3 Å². The Morgan fingerprint density at radius 2 is 2.37 bits per heavy atom. The van der Waals surface area contributed by atoms with E-state index in [4.69, 9.17) is 4.74 Å². The van der Waals surface area contributed by atoms with Crippen LogP contribution in [-0.2, 0) is 9.53 Å². The summed E-state index contributed by atoms with van der Waals surface area (Å²) < 4.78 is 18.6. The molecular weight excluding hydrogens is 249 g/mol. The van der Waals surface area contributed by atoms with Crippen molar-refractivity contribution in [3.8, 4) is 0 Å². The molecule has 1 aromatic heterocycles. The van der Waals surface area contributed by atoms with Gasteiger partial charge in [0, 0.05) is 6.04 Å². The Morgan fingerprint density at radius 3 is 3.11 bits per heavy atom. The van der Waals surface area contributed by atoms with Crippen molar-refractivity contribution >= 4 is 11.8 Å². The lowest BCUT2D eigenvalue weighted by Crippen LogP contribution is -2.32. The van der Waals surface area contributed by atoms with Crippen molar-refractivity contribution in [1.82, 2.24) is 9.97 Å². The average Bonchev–Trinajstić information content (AvgIpc) is 2.82. The summed E-state index contributed by atoms with van der Waals surface area (Å²) in [5, 5.41) is 3.01. The quantitative estimate of drug-likeness (QED) is 0.846. The number of hydrogen-bond acceptors (Lipinski definition) is 5. The first-order valence-corrected chi connectivity index (χ1v) is 6.54. The van der Waals surface area contributed by atoms with Crippen molar-refractivity contribution < 1.29 is 13.9 Å². The third-order valence-corrected chi connectivity index (χ3v) is 3.29. The number of ether oxygens (including phenoxy) is 1. The molecule has 0 bridgehead atoms. The van der Waals surface area contributed by atoms with Gasteiger partial charge in [0.25, 0.3) is 0 Å². The molecule has 104 valence electrons. The molecule has 5 nitrogen and oxygen atoms in total. The highest BCUT2D eigenvalue weighted by molar-refractivity contribution is 5.74. The molecule has 19 heavy (non-hydrogen) atoms. The third-order valence-electron chi connectivity index (χ3n) is 3.29. The Balaban J connectivity index is 2.09. The fourth-order valence-corrected chi connectivity index (χ4v) is 2.40. The minimum absolute atomic E-state index is 0.122. The summed E-state index contributed by atoms with van der Waals surface area (Å²) in [6.45, 7) is 3.84. The van der Waals surface area contributed by atoms with Crippen molar-refractivity contribution in [2.45, 2.75) is 39.2 Å². The molecule has 0 saturated heterocycles. The van der Waals surface area contributed by atoms with Crippen molar-refractivity contribution in [2.24, 2.45) is 5.92 Å². The van der Waals surface area contributed by atoms with Gasteiger partial charge in [-0.1, -0.05) is 6.42 Å². The maximum Gasteiger partial charge on any atom is 0.311 e. The normalized spacial score (nSPS) is 22.3. The summed E-state index contributed by atoms with van der Waals surface area (Å²) in [7, 11) is 0. The van der Waals surface area contributed by atoms with Crippen LogP contribution in [0.2, 0.25) is 0 Å². The Bertz CT molecular complexity index is 467. The first kappa shape index (κ1) is 13.7. The highest BCUT2D eigenvalue weighted by atomic mass is 19.1. The molecule has 0 spiro atoms. The van der Waals surface area contributed by atoms with Crippen molar-refractivity contribution in [3.63, 3.8) is 0 Å². The predicted molar refractivity (Wildman–Crippen MR) is 68.1 cm³/mol. The highest BCUT2D eigenvalue weighted by Gasteiger charge is 2.34. The van der Waals surface area contributed by atoms with Crippen LogP contribution in [0.5, 0.6) is 0 Å². The SMILES string of the molecule is CCOC(=O)C1CCC[C@H]1Nc1nc(C)ncc1F. The van der Waals surface area contributed by atoms with Crippen LogP contribution in [0.25, 0.3) is 0 Å². The van der Waals surface area contributed by atoms with Crippen molar-refractivity contribution in [2.75, 3.05) is 11.9 Å². The third kappa shape index (κ3) is 3.19. The Labute approximate surface area is 111 Å². The second kappa shape index (κ2) is 5.95. The molecule has 1 N–H and O–H groups in total. The average molecular weight is 267 g/mol. The largest absolute Gasteiger partial charge is 0.466 e. The minimum atomic E-state index is -0.500. The van der Waals surface area contributed by atoms with Gasteiger partial charge >= 0.3 is 5.97 Å². The van der Waals surface area contributed by atoms with Gasteiger partial charge in [-0.05, 0) is 26.7 Å². The van der Waals surface area contributed by atoms with Crippen LogP contribution in [0.4, 0.5) is 10.2 Å². The predicted octanol–water partition coefficient (Wildman–Crippen LogP) is 2.07. The molecule has 1 aliphatic carbocycles. The molecule has 0 radical (unpaired) electrons. The lowest BCUT2D eigenvalue weighted by atomic mass is 10.0. The molecule has 2 rings (SSSR count). The van der Waals surface area contributed by atoms with Gasteiger partial charge in [-0.25, -0.2) is 14.4 Å². The fraction of sp³-hybridized carbons (Fsp3) is 0.615. The Kier molecular flexibility index (Phi) is 4.29. The van der Waals surface area contributed by atoms with Gasteiger partial charge < -0.3 is 10.1 Å². The van der Waals surface area contributed by atoms with Gasteiger partial charge in [-0.2, -0.15) is 0 Å². The van der Waals surface area contributed by atoms with Crippen LogP contribution in [0.3, 0.4) is 0 Å². The number of nitrogens with one attached hydrogen (secondary N) is 1. The zero-order chi connectivity index (χ0) is 13.8. The van der Waals surface area contributed by atoms with E-state index in [0.717, 1.165) is 25.5 Å². The number of esters is 1. The van der Waals surface area contributed by atoms with Gasteiger partial charge in [-0.15, -0.1) is 0 Å². The van der Waals surface area contributed by atoms with Crippen LogP contribution in [0, 0.1) is 18.7 Å². The van der Waals surface area contributed by atoms with E-state index in [1.165, 1.54) is 0 Å². The van der Waals surface area contributed by atoms with Crippen LogP contribution < -0.4 is 5.32 Å². The molecule has 6 heteroatoms. The van der Waals surface area contributed by atoms with Crippen LogP contribution in [0.1, 0.15) is 32.0 Å². The second-order valence-electron chi connectivity index (χ2n) is 4.65. The number of carbonyl (C=O) groups excluding carboxylic acids is 1. The number of aryl methyl sites for hydroxylation is 1. The van der Waals surface area contributed by atoms with E-state index in [1.807, 2.05) is 0 Å². The monoisotopic (exact) mass is 267 g/mol. The number of rotatable bonds is 4. The first-order valence-electron chi connectivity index (χ1n) is 6.54. The fourth-order valence-electron chi connectivity index (χ4n) is 2.40. The number of nitrogens with zero attached hydrogens (tertiary/aromatic N) is 2. The maximum atomic E-state index is 13.6. The van der Waals surface area contributed by atoms with E-state index < -0.39 is 5.82 Å². The molecule has 0 aliphatic heterocycles. The van der Waals surface area contributed by atoms with Gasteiger partial charge in [0.1, 0.15) is 5.82 Å². The van der Waals surface area contributed by atoms with Crippen molar-refractivity contribution in [1.29, 1.82) is 0 Å². The van der Waals surface area contributed by atoms with Gasteiger partial charge in [0.15, 0.2) is 11.6 Å². The molecule has 1 heterocycles. The molecule has 1 aliphatic rings. The van der Waals surface area contributed by atoms with Gasteiger partial charge in [0.2, 0.25) is 0 Å². The molecular formula is C13H18FN3O2. The highest BCUT2D eigenvalue weighted by Crippen LogP contribution is 2.29. The number of halogens is 1. The number of aromatic nitrogens is 2. The lowest BCUT2D eigenvalue weighted by Gasteiger charge is -2.20. The standard InChI is InChI=1S/C13H18FN3O2/c1-3-19-13(18)9-5-4-6-11(9)17-12-10(14)7-15-8(2)16-12/h7,9,11H,3-6H2,1-2H3,(H,15,16,17)/t9?,11-/m1/s1. The number of carbonyl (C=O) groups is 1. The lowest BCUT2D eigenvalue weighted by molar-refractivity contribution is -0.148. The molecule has 1 unspecified atom stereocenters. The van der Waals surface area contributed by atoms with E-state index in [0.29, 0.717) is 12.4 Å². The van der Waals surface area contributed by atoms with E-state index in [1.54, 1.807) is 13.8 Å². The van der Waals surface area contributed by atoms with Crippen LogP contribution in [-0.4, -0.2) is 28.6 Å². The minimum Gasteiger partial charge on any atom is -0.466 e. The molecule has 1 saturated carbocycles. The number of hydrogen-bond donors (Lipinski definition) is 1. The molecule has 0 aromatic carbocycles. The Morgan fingerprint density at radius 1 is 1.58 bits per heavy atom. The summed E-state index contributed by atoms with van der Waals surface area (Å²) in [4.78, 5) is 19.6. The molecule has 1 fully saturated rings. The topological polar surface area (TPSA) is 64.1 Å².